The lowest BCUT2D eigenvalue weighted by Gasteiger charge is -2.07. The Morgan fingerprint density at radius 2 is 0.781 bits per heavy atom. The van der Waals surface area contributed by atoms with Crippen LogP contribution in [0.4, 0.5) is 9.59 Å². The zero-order valence-corrected chi connectivity index (χ0v) is 39.4. The van der Waals surface area contributed by atoms with Gasteiger partial charge in [-0.1, -0.05) is 158 Å². The number of rotatable bonds is 6. The molecule has 6 heterocycles. The van der Waals surface area contributed by atoms with Gasteiger partial charge >= 0.3 is 12.2 Å². The van der Waals surface area contributed by atoms with Crippen molar-refractivity contribution < 1.29 is 19.1 Å². The molecule has 6 aromatic heterocycles. The quantitative estimate of drug-likeness (QED) is 0.121. The Bertz CT molecular complexity index is 3470. The van der Waals surface area contributed by atoms with Gasteiger partial charge in [0.05, 0.1) is 69.7 Å². The van der Waals surface area contributed by atoms with Crippen LogP contribution in [0.3, 0.4) is 0 Å². The van der Waals surface area contributed by atoms with E-state index in [1.54, 1.807) is 54.5 Å². The zero-order valence-electron chi connectivity index (χ0n) is 32.9. The second-order valence-electron chi connectivity index (χ2n) is 15.2. The molecule has 0 amide bonds. The molecular formula is C50H26N2O4S8. The lowest BCUT2D eigenvalue weighted by molar-refractivity contribution is 0.142. The molecule has 0 spiro atoms. The molecule has 308 valence electrons. The van der Waals surface area contributed by atoms with Crippen LogP contribution in [-0.2, 0) is 22.7 Å². The third-order valence-electron chi connectivity index (χ3n) is 11.4. The molecule has 0 radical (unpaired) electrons. The maximum atomic E-state index is 14.5. The molecule has 14 heteroatoms. The van der Waals surface area contributed by atoms with Gasteiger partial charge in [0.1, 0.15) is 13.2 Å². The third kappa shape index (κ3) is 6.23. The molecule has 0 saturated heterocycles. The summed E-state index contributed by atoms with van der Waals surface area (Å²) >= 11 is 30.0. The van der Waals surface area contributed by atoms with E-state index in [0.717, 1.165) is 105 Å². The number of hydrogen-bond donors (Lipinski definition) is 0. The van der Waals surface area contributed by atoms with E-state index < -0.39 is 12.2 Å². The Morgan fingerprint density at radius 1 is 0.453 bits per heavy atom. The van der Waals surface area contributed by atoms with Gasteiger partial charge in [0, 0.05) is 43.2 Å². The van der Waals surface area contributed by atoms with Gasteiger partial charge in [0.2, 0.25) is 0 Å². The highest BCUT2D eigenvalue weighted by Gasteiger charge is 2.32. The Hall–Kier alpha value is -5.68. The summed E-state index contributed by atoms with van der Waals surface area (Å²) < 4.78 is 21.0. The normalized spacial score (nSPS) is 13.6. The van der Waals surface area contributed by atoms with Crippen LogP contribution in [0.5, 0.6) is 0 Å². The highest BCUT2D eigenvalue weighted by molar-refractivity contribution is 7.84. The fraction of sp³-hybridized carbons (Fsp3) is 0.0400. The number of nitrogens with zero attached hydrogens (tertiary/aromatic N) is 2. The number of ether oxygens (including phenoxy) is 2. The molecular weight excluding hydrogens is 949 g/mol. The third-order valence-corrected chi connectivity index (χ3v) is 18.2. The Balaban J connectivity index is 1.04. The van der Waals surface area contributed by atoms with E-state index in [9.17, 15) is 9.59 Å². The first-order chi connectivity index (χ1) is 31.2. The first kappa shape index (κ1) is 39.9. The number of hydrogen-bond acceptors (Lipinski definition) is 12. The van der Waals surface area contributed by atoms with E-state index >= 15 is 0 Å². The lowest BCUT2D eigenvalue weighted by Crippen LogP contribution is -2.13. The fourth-order valence-electron chi connectivity index (χ4n) is 8.50. The predicted molar refractivity (Wildman–Crippen MR) is 281 cm³/mol. The number of benzene rings is 4. The van der Waals surface area contributed by atoms with Crippen LogP contribution < -0.4 is 0 Å². The highest BCUT2D eigenvalue weighted by atomic mass is 32.1. The summed E-state index contributed by atoms with van der Waals surface area (Å²) in [6.45, 7) is 0.208. The predicted octanol–water partition coefficient (Wildman–Crippen LogP) is 14.7. The smallest absolute Gasteiger partial charge is 0.419 e. The average molecular weight is 975 g/mol. The van der Waals surface area contributed by atoms with Crippen molar-refractivity contribution in [1.82, 2.24) is 9.13 Å². The Labute approximate surface area is 401 Å². The molecule has 4 aromatic carbocycles. The molecule has 0 atom stereocenters. The molecule has 0 saturated carbocycles. The Kier molecular flexibility index (Phi) is 9.65. The second kappa shape index (κ2) is 15.5. The maximum absolute atomic E-state index is 14.5. The number of carbonyl (C=O) groups excluding carboxylic acids is 2. The summed E-state index contributed by atoms with van der Waals surface area (Å²) in [6, 6.07) is 39.2. The SMILES string of the molecule is O=C(OCc1ccccc1)n1c2cc(C=C3C(=S)c4ccccc4C3=S)sc2c2sc3c(sc4c5sc(C=C6C(=S)c7ccccc7C6=S)cc5n(C(=O)OCc5ccccc5)c43)c21. The minimum atomic E-state index is -0.497. The first-order valence-corrected chi connectivity index (χ1v) is 24.8. The van der Waals surface area contributed by atoms with E-state index in [4.69, 9.17) is 58.3 Å². The van der Waals surface area contributed by atoms with Gasteiger partial charge in [0.25, 0.3) is 0 Å². The van der Waals surface area contributed by atoms with Crippen molar-refractivity contribution in [3.63, 3.8) is 0 Å². The van der Waals surface area contributed by atoms with Gasteiger partial charge in [0.15, 0.2) is 0 Å². The monoisotopic (exact) mass is 974 g/mol. The zero-order chi connectivity index (χ0) is 43.4. The highest BCUT2D eigenvalue weighted by Crippen LogP contribution is 2.53. The van der Waals surface area contributed by atoms with E-state index in [2.05, 4.69) is 0 Å². The van der Waals surface area contributed by atoms with E-state index in [0.29, 0.717) is 19.5 Å². The van der Waals surface area contributed by atoms with Gasteiger partial charge in [-0.3, -0.25) is 0 Å². The van der Waals surface area contributed by atoms with Crippen LogP contribution in [0, 0.1) is 0 Å². The summed E-state index contributed by atoms with van der Waals surface area (Å²) in [6.07, 6.45) is 3.08. The van der Waals surface area contributed by atoms with Crippen molar-refractivity contribution in [3.8, 4) is 0 Å². The van der Waals surface area contributed by atoms with Gasteiger partial charge in [-0.2, -0.15) is 0 Å². The van der Waals surface area contributed by atoms with Gasteiger partial charge < -0.3 is 9.47 Å². The molecule has 0 bridgehead atoms. The van der Waals surface area contributed by atoms with E-state index in [1.807, 2.05) is 133 Å². The largest absolute Gasteiger partial charge is 0.444 e. The molecule has 0 fully saturated rings. The summed E-state index contributed by atoms with van der Waals surface area (Å²) in [5.74, 6) is 0. The molecule has 0 unspecified atom stereocenters. The maximum Gasteiger partial charge on any atom is 0.419 e. The van der Waals surface area contributed by atoms with Crippen LogP contribution in [0.15, 0.2) is 132 Å². The molecule has 0 aliphatic heterocycles. The molecule has 10 aromatic rings. The standard InChI is InChI=1S/C50H26N2O4S8/c53-49(55-23-25-11-3-1-4-12-25)51-35-21-27(19-33-39(57)29-15-7-8-16-30(29)40(33)58)61-43(35)45-37(51)47-48(63-45)38-46(64-47)44-36(52(38)50(54)56-24-26-13-5-2-6-14-26)22-28(62-44)20-34-41(59)31-17-9-10-18-32(31)42(34)60/h1-22H,23-24H2. The molecule has 64 heavy (non-hydrogen) atoms. The number of thiophene rings is 4. The van der Waals surface area contributed by atoms with Crippen molar-refractivity contribution in [2.75, 3.05) is 0 Å². The van der Waals surface area contributed by atoms with Gasteiger partial charge in [-0.15, -0.1) is 45.3 Å². The minimum Gasteiger partial charge on any atom is -0.444 e. The van der Waals surface area contributed by atoms with Gasteiger partial charge in [-0.05, 0) is 35.4 Å². The number of allylic oxidation sites excluding steroid dienone is 2. The summed E-state index contributed by atoms with van der Waals surface area (Å²) in [4.78, 5) is 33.7. The van der Waals surface area contributed by atoms with Crippen molar-refractivity contribution >= 4 is 188 Å². The van der Waals surface area contributed by atoms with Crippen molar-refractivity contribution in [1.29, 1.82) is 0 Å². The molecule has 12 rings (SSSR count). The van der Waals surface area contributed by atoms with Crippen LogP contribution in [0.1, 0.15) is 43.1 Å². The lowest BCUT2D eigenvalue weighted by atomic mass is 10.1. The number of carbonyl (C=O) groups is 2. The number of thiocarbonyl (C=S) groups is 4. The molecule has 2 aliphatic carbocycles. The topological polar surface area (TPSA) is 62.5 Å². The van der Waals surface area contributed by atoms with Crippen LogP contribution >= 0.6 is 94.2 Å². The van der Waals surface area contributed by atoms with Crippen LogP contribution in [0.2, 0.25) is 0 Å². The van der Waals surface area contributed by atoms with Crippen molar-refractivity contribution in [2.24, 2.45) is 0 Å². The van der Waals surface area contributed by atoms with Crippen LogP contribution in [-0.4, -0.2) is 40.8 Å². The van der Waals surface area contributed by atoms with E-state index in [-0.39, 0.29) is 13.2 Å². The summed E-state index contributed by atoms with van der Waals surface area (Å²) in [7, 11) is 0. The number of fused-ring (bicyclic) bond motifs is 11. The summed E-state index contributed by atoms with van der Waals surface area (Å²) in [5.41, 5.74) is 10.2. The van der Waals surface area contributed by atoms with Crippen molar-refractivity contribution in [3.05, 3.63) is 176 Å². The second-order valence-corrected chi connectivity index (χ2v) is 21.1. The Morgan fingerprint density at radius 3 is 1.14 bits per heavy atom. The average Bonchev–Trinajstić information content (AvgIpc) is 4.20. The minimum absolute atomic E-state index is 0.104. The molecule has 2 aliphatic rings. The molecule has 6 nitrogen and oxygen atoms in total. The summed E-state index contributed by atoms with van der Waals surface area (Å²) in [5, 5.41) is 0. The fourth-order valence-corrected chi connectivity index (χ4v) is 15.3. The van der Waals surface area contributed by atoms with Crippen LogP contribution in [0.25, 0.3) is 62.4 Å². The van der Waals surface area contributed by atoms with E-state index in [1.165, 1.54) is 0 Å². The molecule has 0 N–H and O–H groups in total. The number of aromatic nitrogens is 2. The first-order valence-electron chi connectivity index (χ1n) is 19.9. The van der Waals surface area contributed by atoms with Gasteiger partial charge in [-0.25, -0.2) is 18.7 Å². The van der Waals surface area contributed by atoms with Crippen molar-refractivity contribution in [2.45, 2.75) is 13.2 Å².